The summed E-state index contributed by atoms with van der Waals surface area (Å²) < 4.78 is 1.45. The van der Waals surface area contributed by atoms with Crippen molar-refractivity contribution in [1.29, 1.82) is 0 Å². The minimum Gasteiger partial charge on any atom is -0.295 e. The highest BCUT2D eigenvalue weighted by atomic mass is 16.2. The van der Waals surface area contributed by atoms with Crippen molar-refractivity contribution in [1.82, 2.24) is 15.2 Å². The Morgan fingerprint density at radius 1 is 1.12 bits per heavy atom. The van der Waals surface area contributed by atoms with Crippen LogP contribution in [0, 0.1) is 6.92 Å². The van der Waals surface area contributed by atoms with E-state index in [0.29, 0.717) is 11.3 Å². The van der Waals surface area contributed by atoms with E-state index in [1.54, 1.807) is 6.92 Å². The van der Waals surface area contributed by atoms with Gasteiger partial charge in [-0.25, -0.2) is 10.1 Å². The predicted octanol–water partition coefficient (Wildman–Crippen LogP) is 2.17. The number of nitrogens with zero attached hydrogens (tertiary/aromatic N) is 2. The zero-order valence-corrected chi connectivity index (χ0v) is 13.8. The molecular weight excluding hydrogens is 316 g/mol. The molecule has 0 saturated heterocycles. The van der Waals surface area contributed by atoms with Crippen LogP contribution in [0.1, 0.15) is 16.8 Å². The molecule has 126 valence electrons. The number of rotatable bonds is 5. The van der Waals surface area contributed by atoms with Crippen molar-refractivity contribution >= 4 is 12.1 Å². The molecule has 25 heavy (non-hydrogen) atoms. The number of carbonyl (C=O) groups is 1. The first-order valence-corrected chi connectivity index (χ1v) is 7.88. The standard InChI is InChI=1S/C19H18N4O2/c1-14-17(19(25)23(22-14)16-10-6-3-7-11-16)13-20-21-18(24)12-15-8-4-2-5-9-15/h2-11,13,22H,12H2,1H3,(H,21,24)/b20-13+. The van der Waals surface area contributed by atoms with E-state index in [1.807, 2.05) is 60.7 Å². The Morgan fingerprint density at radius 2 is 1.76 bits per heavy atom. The lowest BCUT2D eigenvalue weighted by Gasteiger charge is -1.99. The van der Waals surface area contributed by atoms with Crippen LogP contribution in [-0.2, 0) is 11.2 Å². The van der Waals surface area contributed by atoms with Gasteiger partial charge in [-0.3, -0.25) is 14.7 Å². The van der Waals surface area contributed by atoms with Gasteiger partial charge in [0.1, 0.15) is 0 Å². The average Bonchev–Trinajstić information content (AvgIpc) is 2.91. The van der Waals surface area contributed by atoms with Crippen LogP contribution < -0.4 is 11.0 Å². The molecule has 0 radical (unpaired) electrons. The summed E-state index contributed by atoms with van der Waals surface area (Å²) in [5, 5.41) is 6.92. The van der Waals surface area contributed by atoms with Crippen molar-refractivity contribution in [2.24, 2.45) is 5.10 Å². The molecule has 0 bridgehead atoms. The third-order valence-corrected chi connectivity index (χ3v) is 3.72. The van der Waals surface area contributed by atoms with Crippen LogP contribution >= 0.6 is 0 Å². The van der Waals surface area contributed by atoms with Gasteiger partial charge in [-0.2, -0.15) is 5.10 Å². The van der Waals surface area contributed by atoms with Crippen LogP contribution in [0.2, 0.25) is 0 Å². The molecule has 1 amide bonds. The van der Waals surface area contributed by atoms with Crippen molar-refractivity contribution in [2.75, 3.05) is 0 Å². The SMILES string of the molecule is Cc1[nH]n(-c2ccccc2)c(=O)c1/C=N/NC(=O)Cc1ccccc1. The van der Waals surface area contributed by atoms with Gasteiger partial charge in [0.15, 0.2) is 0 Å². The van der Waals surface area contributed by atoms with E-state index in [-0.39, 0.29) is 17.9 Å². The molecule has 3 rings (SSSR count). The Balaban J connectivity index is 1.71. The van der Waals surface area contributed by atoms with Crippen molar-refractivity contribution < 1.29 is 4.79 Å². The summed E-state index contributed by atoms with van der Waals surface area (Å²) in [7, 11) is 0. The second-order valence-corrected chi connectivity index (χ2v) is 5.58. The minimum absolute atomic E-state index is 0.218. The Morgan fingerprint density at radius 3 is 2.44 bits per heavy atom. The molecule has 1 heterocycles. The number of hydrogen-bond donors (Lipinski definition) is 2. The fraction of sp³-hybridized carbons (Fsp3) is 0.105. The molecule has 0 aliphatic heterocycles. The second kappa shape index (κ2) is 7.44. The molecule has 2 N–H and O–H groups in total. The lowest BCUT2D eigenvalue weighted by atomic mass is 10.1. The normalized spacial score (nSPS) is 10.9. The van der Waals surface area contributed by atoms with Crippen molar-refractivity contribution in [3.63, 3.8) is 0 Å². The summed E-state index contributed by atoms with van der Waals surface area (Å²) in [6.45, 7) is 1.79. The van der Waals surface area contributed by atoms with E-state index in [1.165, 1.54) is 10.9 Å². The summed E-state index contributed by atoms with van der Waals surface area (Å²) in [5.41, 5.74) is 4.96. The first kappa shape index (κ1) is 16.4. The molecule has 0 atom stereocenters. The fourth-order valence-corrected chi connectivity index (χ4v) is 2.46. The largest absolute Gasteiger partial charge is 0.295 e. The molecule has 0 unspecified atom stereocenters. The lowest BCUT2D eigenvalue weighted by molar-refractivity contribution is -0.120. The number of aryl methyl sites for hydroxylation is 1. The second-order valence-electron chi connectivity index (χ2n) is 5.58. The first-order chi connectivity index (χ1) is 12.1. The van der Waals surface area contributed by atoms with E-state index >= 15 is 0 Å². The molecule has 0 aliphatic carbocycles. The number of benzene rings is 2. The first-order valence-electron chi connectivity index (χ1n) is 7.88. The van der Waals surface area contributed by atoms with Crippen LogP contribution in [-0.4, -0.2) is 21.9 Å². The van der Waals surface area contributed by atoms with Gasteiger partial charge in [0.2, 0.25) is 5.91 Å². The number of hydrogen-bond acceptors (Lipinski definition) is 3. The number of aromatic nitrogens is 2. The number of para-hydroxylation sites is 1. The maximum atomic E-state index is 12.5. The highest BCUT2D eigenvalue weighted by molar-refractivity contribution is 5.83. The number of amides is 1. The van der Waals surface area contributed by atoms with Gasteiger partial charge < -0.3 is 0 Å². The monoisotopic (exact) mass is 334 g/mol. The molecular formula is C19H18N4O2. The van der Waals surface area contributed by atoms with Crippen LogP contribution in [0.15, 0.2) is 70.6 Å². The topological polar surface area (TPSA) is 79.2 Å². The maximum absolute atomic E-state index is 12.5. The fourth-order valence-electron chi connectivity index (χ4n) is 2.46. The zero-order valence-electron chi connectivity index (χ0n) is 13.8. The van der Waals surface area contributed by atoms with Gasteiger partial charge in [-0.05, 0) is 24.6 Å². The number of H-pyrrole nitrogens is 1. The minimum atomic E-state index is -0.237. The molecule has 0 aliphatic rings. The van der Waals surface area contributed by atoms with Gasteiger partial charge in [-0.1, -0.05) is 48.5 Å². The lowest BCUT2D eigenvalue weighted by Crippen LogP contribution is -2.21. The molecule has 0 fully saturated rings. The quantitative estimate of drug-likeness (QED) is 0.554. The van der Waals surface area contributed by atoms with Gasteiger partial charge in [0.25, 0.3) is 5.56 Å². The summed E-state index contributed by atoms with van der Waals surface area (Å²) in [6.07, 6.45) is 1.61. The summed E-state index contributed by atoms with van der Waals surface area (Å²) in [5.74, 6) is -0.237. The van der Waals surface area contributed by atoms with Crippen molar-refractivity contribution in [3.05, 3.63) is 87.8 Å². The highest BCUT2D eigenvalue weighted by Crippen LogP contribution is 2.05. The molecule has 1 aromatic heterocycles. The van der Waals surface area contributed by atoms with Gasteiger partial charge in [0, 0.05) is 5.69 Å². The van der Waals surface area contributed by atoms with E-state index in [9.17, 15) is 9.59 Å². The Hall–Kier alpha value is -3.41. The number of carbonyl (C=O) groups excluding carboxylic acids is 1. The van der Waals surface area contributed by atoms with Crippen LogP contribution in [0.3, 0.4) is 0 Å². The van der Waals surface area contributed by atoms with Crippen molar-refractivity contribution in [3.8, 4) is 5.69 Å². The van der Waals surface area contributed by atoms with Crippen LogP contribution in [0.4, 0.5) is 0 Å². The van der Waals surface area contributed by atoms with Gasteiger partial charge in [0.05, 0.1) is 23.9 Å². The van der Waals surface area contributed by atoms with Crippen LogP contribution in [0.25, 0.3) is 5.69 Å². The number of nitrogens with one attached hydrogen (secondary N) is 2. The number of aromatic amines is 1. The van der Waals surface area contributed by atoms with Crippen LogP contribution in [0.5, 0.6) is 0 Å². The van der Waals surface area contributed by atoms with Crippen molar-refractivity contribution in [2.45, 2.75) is 13.3 Å². The highest BCUT2D eigenvalue weighted by Gasteiger charge is 2.10. The van der Waals surface area contributed by atoms with E-state index in [0.717, 1.165) is 11.3 Å². The Bertz CT molecular complexity index is 941. The maximum Gasteiger partial charge on any atom is 0.280 e. The summed E-state index contributed by atoms with van der Waals surface area (Å²) in [6, 6.07) is 18.7. The molecule has 0 spiro atoms. The molecule has 3 aromatic rings. The predicted molar refractivity (Wildman–Crippen MR) is 97.0 cm³/mol. The average molecular weight is 334 g/mol. The number of hydrazone groups is 1. The molecule has 0 saturated carbocycles. The molecule has 2 aromatic carbocycles. The van der Waals surface area contributed by atoms with E-state index in [2.05, 4.69) is 15.6 Å². The Labute approximate surface area is 144 Å². The molecule has 6 nitrogen and oxygen atoms in total. The summed E-state index contributed by atoms with van der Waals surface area (Å²) in [4.78, 5) is 24.4. The summed E-state index contributed by atoms with van der Waals surface area (Å²) >= 11 is 0. The van der Waals surface area contributed by atoms with E-state index in [4.69, 9.17) is 0 Å². The zero-order chi connectivity index (χ0) is 17.6. The van der Waals surface area contributed by atoms with E-state index < -0.39 is 0 Å². The van der Waals surface area contributed by atoms with Gasteiger partial charge in [-0.15, -0.1) is 0 Å². The smallest absolute Gasteiger partial charge is 0.280 e. The molecule has 6 heteroatoms. The van der Waals surface area contributed by atoms with Gasteiger partial charge >= 0.3 is 0 Å². The third-order valence-electron chi connectivity index (χ3n) is 3.72. The third kappa shape index (κ3) is 3.92. The Kier molecular flexibility index (Phi) is 4.89.